The lowest BCUT2D eigenvalue weighted by Gasteiger charge is -2.26. The SMILES string of the molecule is CC1CCC(C)(Nc2nc(Cl)ccc2[N+](=O)[O-])C1. The summed E-state index contributed by atoms with van der Waals surface area (Å²) in [6.07, 6.45) is 3.09. The molecule has 0 saturated heterocycles. The van der Waals surface area contributed by atoms with Crippen molar-refractivity contribution in [1.82, 2.24) is 4.98 Å². The molecule has 1 aliphatic carbocycles. The molecule has 2 atom stereocenters. The van der Waals surface area contributed by atoms with Crippen molar-refractivity contribution in [2.24, 2.45) is 5.92 Å². The molecule has 1 N–H and O–H groups in total. The fourth-order valence-electron chi connectivity index (χ4n) is 2.60. The van der Waals surface area contributed by atoms with Crippen molar-refractivity contribution in [1.29, 1.82) is 0 Å². The predicted octanol–water partition coefficient (Wildman–Crippen LogP) is 3.63. The first kappa shape index (κ1) is 13.1. The smallest absolute Gasteiger partial charge is 0.311 e. The Morgan fingerprint density at radius 2 is 2.33 bits per heavy atom. The second-order valence-electron chi connectivity index (χ2n) is 5.29. The van der Waals surface area contributed by atoms with E-state index in [-0.39, 0.29) is 22.2 Å². The number of pyridine rings is 1. The third-order valence-corrected chi connectivity index (χ3v) is 3.66. The number of halogens is 1. The van der Waals surface area contributed by atoms with Crippen LogP contribution >= 0.6 is 11.6 Å². The van der Waals surface area contributed by atoms with E-state index < -0.39 is 4.92 Å². The summed E-state index contributed by atoms with van der Waals surface area (Å²) in [5.41, 5.74) is -0.165. The van der Waals surface area contributed by atoms with Gasteiger partial charge in [0.1, 0.15) is 5.15 Å². The van der Waals surface area contributed by atoms with Crippen LogP contribution in [0.3, 0.4) is 0 Å². The van der Waals surface area contributed by atoms with Crippen molar-refractivity contribution in [2.45, 2.75) is 38.6 Å². The Labute approximate surface area is 111 Å². The van der Waals surface area contributed by atoms with Crippen LogP contribution in [0, 0.1) is 16.0 Å². The molecule has 2 unspecified atom stereocenters. The van der Waals surface area contributed by atoms with E-state index in [4.69, 9.17) is 11.6 Å². The molecular weight excluding hydrogens is 254 g/mol. The Morgan fingerprint density at radius 3 is 2.89 bits per heavy atom. The van der Waals surface area contributed by atoms with Gasteiger partial charge in [0.15, 0.2) is 0 Å². The molecule has 2 rings (SSSR count). The van der Waals surface area contributed by atoms with Crippen molar-refractivity contribution >= 4 is 23.1 Å². The van der Waals surface area contributed by atoms with Crippen molar-refractivity contribution in [2.75, 3.05) is 5.32 Å². The lowest BCUT2D eigenvalue weighted by atomic mass is 9.99. The molecule has 0 radical (unpaired) electrons. The van der Waals surface area contributed by atoms with Crippen molar-refractivity contribution in [3.8, 4) is 0 Å². The van der Waals surface area contributed by atoms with E-state index in [1.54, 1.807) is 0 Å². The van der Waals surface area contributed by atoms with E-state index in [1.165, 1.54) is 12.1 Å². The lowest BCUT2D eigenvalue weighted by Crippen LogP contribution is -2.32. The zero-order valence-corrected chi connectivity index (χ0v) is 11.2. The molecule has 0 aromatic carbocycles. The first-order chi connectivity index (χ1) is 8.39. The summed E-state index contributed by atoms with van der Waals surface area (Å²) in [5.74, 6) is 0.893. The van der Waals surface area contributed by atoms with Gasteiger partial charge in [-0.15, -0.1) is 0 Å². The van der Waals surface area contributed by atoms with Gasteiger partial charge < -0.3 is 5.32 Å². The van der Waals surface area contributed by atoms with Crippen LogP contribution in [-0.2, 0) is 0 Å². The highest BCUT2D eigenvalue weighted by Crippen LogP contribution is 2.38. The zero-order chi connectivity index (χ0) is 13.3. The average Bonchev–Trinajstić information content (AvgIpc) is 2.57. The third-order valence-electron chi connectivity index (χ3n) is 3.44. The molecule has 6 heteroatoms. The highest BCUT2D eigenvalue weighted by Gasteiger charge is 2.34. The topological polar surface area (TPSA) is 68.1 Å². The van der Waals surface area contributed by atoms with Gasteiger partial charge in [0, 0.05) is 11.6 Å². The summed E-state index contributed by atoms with van der Waals surface area (Å²) in [5, 5.41) is 14.4. The number of nitrogens with one attached hydrogen (secondary N) is 1. The molecule has 18 heavy (non-hydrogen) atoms. The first-order valence-corrected chi connectivity index (χ1v) is 6.36. The number of hydrogen-bond acceptors (Lipinski definition) is 4. The minimum absolute atomic E-state index is 0.0276. The molecule has 5 nitrogen and oxygen atoms in total. The van der Waals surface area contributed by atoms with Crippen LogP contribution in [-0.4, -0.2) is 15.4 Å². The van der Waals surface area contributed by atoms with Gasteiger partial charge in [0.05, 0.1) is 4.92 Å². The summed E-state index contributed by atoms with van der Waals surface area (Å²) in [6, 6.07) is 2.82. The van der Waals surface area contributed by atoms with Crippen molar-refractivity contribution in [3.63, 3.8) is 0 Å². The Hall–Kier alpha value is -1.36. The average molecular weight is 270 g/mol. The van der Waals surface area contributed by atoms with E-state index in [0.717, 1.165) is 19.3 Å². The van der Waals surface area contributed by atoms with Crippen molar-refractivity contribution in [3.05, 3.63) is 27.4 Å². The Bertz CT molecular complexity index is 480. The third kappa shape index (κ3) is 2.72. The van der Waals surface area contributed by atoms with Gasteiger partial charge in [-0.2, -0.15) is 0 Å². The molecule has 0 amide bonds. The standard InChI is InChI=1S/C12H16ClN3O2/c1-8-5-6-12(2,7-8)15-11-9(16(17)18)3-4-10(13)14-11/h3-4,8H,5-7H2,1-2H3,(H,14,15). The summed E-state index contributed by atoms with van der Waals surface area (Å²) in [6.45, 7) is 4.26. The normalized spacial score (nSPS) is 27.2. The van der Waals surface area contributed by atoms with Gasteiger partial charge in [-0.05, 0) is 38.2 Å². The quantitative estimate of drug-likeness (QED) is 0.517. The van der Waals surface area contributed by atoms with Gasteiger partial charge in [-0.25, -0.2) is 4.98 Å². The van der Waals surface area contributed by atoms with Crippen LogP contribution in [0.25, 0.3) is 0 Å². The van der Waals surface area contributed by atoms with Crippen LogP contribution < -0.4 is 5.32 Å². The van der Waals surface area contributed by atoms with Gasteiger partial charge in [-0.3, -0.25) is 10.1 Å². The molecule has 0 aliphatic heterocycles. The maximum atomic E-state index is 11.0. The van der Waals surface area contributed by atoms with Crippen LogP contribution in [0.2, 0.25) is 5.15 Å². The summed E-state index contributed by atoms with van der Waals surface area (Å²) < 4.78 is 0. The Kier molecular flexibility index (Phi) is 3.43. The van der Waals surface area contributed by atoms with E-state index in [2.05, 4.69) is 24.1 Å². The van der Waals surface area contributed by atoms with E-state index >= 15 is 0 Å². The molecule has 1 saturated carbocycles. The Morgan fingerprint density at radius 1 is 1.61 bits per heavy atom. The maximum absolute atomic E-state index is 11.0. The number of nitro groups is 1. The molecule has 0 bridgehead atoms. The summed E-state index contributed by atoms with van der Waals surface area (Å²) in [4.78, 5) is 14.6. The molecule has 1 aromatic rings. The predicted molar refractivity (Wildman–Crippen MR) is 70.9 cm³/mol. The van der Waals surface area contributed by atoms with E-state index in [9.17, 15) is 10.1 Å². The minimum Gasteiger partial charge on any atom is -0.359 e. The minimum atomic E-state index is -0.437. The van der Waals surface area contributed by atoms with Gasteiger partial charge in [0.2, 0.25) is 5.82 Å². The number of aromatic nitrogens is 1. The second kappa shape index (κ2) is 4.72. The van der Waals surface area contributed by atoms with Crippen molar-refractivity contribution < 1.29 is 4.92 Å². The summed E-state index contributed by atoms with van der Waals surface area (Å²) >= 11 is 5.81. The van der Waals surface area contributed by atoms with Crippen LogP contribution in [0.15, 0.2) is 12.1 Å². The fourth-order valence-corrected chi connectivity index (χ4v) is 2.75. The van der Waals surface area contributed by atoms with Gasteiger partial charge in [-0.1, -0.05) is 18.5 Å². The molecule has 1 aromatic heterocycles. The van der Waals surface area contributed by atoms with Crippen LogP contribution in [0.5, 0.6) is 0 Å². The number of anilines is 1. The van der Waals surface area contributed by atoms with E-state index in [1.807, 2.05) is 0 Å². The highest BCUT2D eigenvalue weighted by molar-refractivity contribution is 6.29. The molecule has 0 spiro atoms. The van der Waals surface area contributed by atoms with Crippen LogP contribution in [0.1, 0.15) is 33.1 Å². The molecule has 1 fully saturated rings. The molecule has 98 valence electrons. The highest BCUT2D eigenvalue weighted by atomic mass is 35.5. The first-order valence-electron chi connectivity index (χ1n) is 5.99. The monoisotopic (exact) mass is 269 g/mol. The summed E-state index contributed by atoms with van der Waals surface area (Å²) in [7, 11) is 0. The maximum Gasteiger partial charge on any atom is 0.311 e. The van der Waals surface area contributed by atoms with E-state index in [0.29, 0.717) is 5.92 Å². The zero-order valence-electron chi connectivity index (χ0n) is 10.4. The number of hydrogen-bond donors (Lipinski definition) is 1. The number of rotatable bonds is 3. The van der Waals surface area contributed by atoms with Gasteiger partial charge in [0.25, 0.3) is 0 Å². The Balaban J connectivity index is 2.28. The van der Waals surface area contributed by atoms with Gasteiger partial charge >= 0.3 is 5.69 Å². The largest absolute Gasteiger partial charge is 0.359 e. The van der Waals surface area contributed by atoms with Crippen LogP contribution in [0.4, 0.5) is 11.5 Å². The second-order valence-corrected chi connectivity index (χ2v) is 5.68. The molecule has 1 heterocycles. The lowest BCUT2D eigenvalue weighted by molar-refractivity contribution is -0.384. The number of nitrogens with zero attached hydrogens (tertiary/aromatic N) is 2. The fraction of sp³-hybridized carbons (Fsp3) is 0.583. The molecule has 1 aliphatic rings. The molecular formula is C12H16ClN3O2.